The van der Waals surface area contributed by atoms with E-state index in [2.05, 4.69) is 5.10 Å². The van der Waals surface area contributed by atoms with Crippen LogP contribution in [0, 0.1) is 12.8 Å². The molecule has 0 aliphatic carbocycles. The molecule has 0 spiro atoms. The third kappa shape index (κ3) is 3.25. The van der Waals surface area contributed by atoms with Crippen molar-refractivity contribution in [3.63, 3.8) is 0 Å². The summed E-state index contributed by atoms with van der Waals surface area (Å²) < 4.78 is 44.2. The lowest BCUT2D eigenvalue weighted by Crippen LogP contribution is -2.18. The van der Waals surface area contributed by atoms with Crippen LogP contribution in [0.15, 0.2) is 6.07 Å². The monoisotopic (exact) mass is 262 g/mol. The van der Waals surface area contributed by atoms with Gasteiger partial charge in [-0.3, -0.25) is 4.68 Å². The van der Waals surface area contributed by atoms with Crippen molar-refractivity contribution < 1.29 is 17.9 Å². The van der Waals surface area contributed by atoms with E-state index >= 15 is 0 Å². The summed E-state index contributed by atoms with van der Waals surface area (Å²) in [6.07, 6.45) is -1.50. The Balaban J connectivity index is 1.94. The van der Waals surface area contributed by atoms with Crippen molar-refractivity contribution in [2.45, 2.75) is 38.9 Å². The Kier molecular flexibility index (Phi) is 3.94. The summed E-state index contributed by atoms with van der Waals surface area (Å²) in [6, 6.07) is 1.10. The summed E-state index contributed by atoms with van der Waals surface area (Å²) in [5, 5.41) is 3.63. The lowest BCUT2D eigenvalue weighted by molar-refractivity contribution is -0.141. The lowest BCUT2D eigenvalue weighted by atomic mass is 9.97. The molecule has 0 radical (unpaired) electrons. The molecule has 0 saturated carbocycles. The van der Waals surface area contributed by atoms with Gasteiger partial charge >= 0.3 is 6.18 Å². The van der Waals surface area contributed by atoms with E-state index in [9.17, 15) is 13.2 Å². The van der Waals surface area contributed by atoms with Gasteiger partial charge in [0.1, 0.15) is 0 Å². The molecule has 1 aromatic heterocycles. The van der Waals surface area contributed by atoms with E-state index in [1.165, 1.54) is 4.68 Å². The Morgan fingerprint density at radius 1 is 1.39 bits per heavy atom. The Morgan fingerprint density at radius 3 is 2.61 bits per heavy atom. The highest BCUT2D eigenvalue weighted by atomic mass is 19.4. The van der Waals surface area contributed by atoms with Gasteiger partial charge in [0, 0.05) is 25.5 Å². The van der Waals surface area contributed by atoms with E-state index in [-0.39, 0.29) is 0 Å². The number of hydrogen-bond acceptors (Lipinski definition) is 2. The maximum Gasteiger partial charge on any atom is 0.435 e. The van der Waals surface area contributed by atoms with Crippen molar-refractivity contribution in [1.29, 1.82) is 0 Å². The van der Waals surface area contributed by atoms with Crippen LogP contribution in [0.3, 0.4) is 0 Å². The topological polar surface area (TPSA) is 27.1 Å². The number of aromatic nitrogens is 2. The molecule has 1 aromatic rings. The fourth-order valence-corrected chi connectivity index (χ4v) is 2.21. The molecule has 0 amide bonds. The molecule has 102 valence electrons. The molecular weight excluding hydrogens is 245 g/mol. The van der Waals surface area contributed by atoms with Crippen molar-refractivity contribution in [3.8, 4) is 0 Å². The number of alkyl halides is 3. The minimum Gasteiger partial charge on any atom is -0.381 e. The highest BCUT2D eigenvalue weighted by Gasteiger charge is 2.34. The van der Waals surface area contributed by atoms with Crippen LogP contribution in [0.1, 0.15) is 30.7 Å². The predicted octanol–water partition coefficient (Wildman–Crippen LogP) is 3.03. The molecule has 0 N–H and O–H groups in total. The van der Waals surface area contributed by atoms with Gasteiger partial charge in [-0.2, -0.15) is 18.3 Å². The Morgan fingerprint density at radius 2 is 2.06 bits per heavy atom. The largest absolute Gasteiger partial charge is 0.435 e. The van der Waals surface area contributed by atoms with Gasteiger partial charge in [0.15, 0.2) is 5.69 Å². The molecule has 6 heteroatoms. The summed E-state index contributed by atoms with van der Waals surface area (Å²) >= 11 is 0. The van der Waals surface area contributed by atoms with Gasteiger partial charge < -0.3 is 4.74 Å². The normalized spacial score (nSPS) is 18.2. The second-order valence-corrected chi connectivity index (χ2v) is 4.74. The van der Waals surface area contributed by atoms with E-state index in [4.69, 9.17) is 4.74 Å². The molecule has 2 rings (SSSR count). The van der Waals surface area contributed by atoms with Crippen LogP contribution in [0.25, 0.3) is 0 Å². The number of aryl methyl sites for hydroxylation is 2. The molecule has 1 aliphatic heterocycles. The average Bonchev–Trinajstić information content (AvgIpc) is 2.69. The van der Waals surface area contributed by atoms with Gasteiger partial charge in [-0.15, -0.1) is 0 Å². The van der Waals surface area contributed by atoms with Crippen molar-refractivity contribution in [3.05, 3.63) is 17.5 Å². The summed E-state index contributed by atoms with van der Waals surface area (Å²) in [6.45, 7) is 3.73. The summed E-state index contributed by atoms with van der Waals surface area (Å²) in [5.41, 5.74) is -0.235. The molecule has 18 heavy (non-hydrogen) atoms. The van der Waals surface area contributed by atoms with Gasteiger partial charge in [0.2, 0.25) is 0 Å². The van der Waals surface area contributed by atoms with Crippen LogP contribution in [-0.4, -0.2) is 23.0 Å². The van der Waals surface area contributed by atoms with Crippen molar-refractivity contribution in [2.75, 3.05) is 13.2 Å². The third-order valence-electron chi connectivity index (χ3n) is 3.36. The fourth-order valence-electron chi connectivity index (χ4n) is 2.21. The smallest absolute Gasteiger partial charge is 0.381 e. The Hall–Kier alpha value is -1.04. The summed E-state index contributed by atoms with van der Waals surface area (Å²) in [5.74, 6) is 0.539. The number of rotatable bonds is 3. The van der Waals surface area contributed by atoms with E-state index in [0.29, 0.717) is 18.2 Å². The minimum absolute atomic E-state index is 0.539. The minimum atomic E-state index is -4.35. The highest BCUT2D eigenvalue weighted by molar-refractivity contribution is 5.11. The van der Waals surface area contributed by atoms with Gasteiger partial charge in [-0.1, -0.05) is 0 Å². The maximum atomic E-state index is 12.5. The van der Waals surface area contributed by atoms with Gasteiger partial charge in [-0.25, -0.2) is 0 Å². The highest BCUT2D eigenvalue weighted by Crippen LogP contribution is 2.28. The quantitative estimate of drug-likeness (QED) is 0.837. The Labute approximate surface area is 104 Å². The molecule has 2 heterocycles. The second kappa shape index (κ2) is 5.30. The number of ether oxygens (including phenoxy) is 1. The van der Waals surface area contributed by atoms with Gasteiger partial charge in [-0.05, 0) is 38.2 Å². The van der Waals surface area contributed by atoms with Crippen LogP contribution in [-0.2, 0) is 17.5 Å². The zero-order chi connectivity index (χ0) is 13.2. The molecular formula is C12H17F3N2O. The average molecular weight is 262 g/mol. The molecule has 0 bridgehead atoms. The first kappa shape index (κ1) is 13.4. The van der Waals surface area contributed by atoms with Gasteiger partial charge in [0.25, 0.3) is 0 Å². The van der Waals surface area contributed by atoms with E-state index in [0.717, 1.165) is 38.5 Å². The zero-order valence-electron chi connectivity index (χ0n) is 10.3. The van der Waals surface area contributed by atoms with E-state index in [1.54, 1.807) is 6.92 Å². The number of halogens is 3. The first-order valence-corrected chi connectivity index (χ1v) is 6.16. The predicted molar refractivity (Wildman–Crippen MR) is 60.1 cm³/mol. The molecule has 0 unspecified atom stereocenters. The van der Waals surface area contributed by atoms with Crippen LogP contribution in [0.4, 0.5) is 13.2 Å². The van der Waals surface area contributed by atoms with Gasteiger partial charge in [0.05, 0.1) is 0 Å². The molecule has 1 saturated heterocycles. The number of hydrogen-bond donors (Lipinski definition) is 0. The van der Waals surface area contributed by atoms with Crippen LogP contribution in [0.2, 0.25) is 0 Å². The standard InChI is InChI=1S/C12H17F3N2O/c1-9-8-11(12(13,14)15)16-17(9)5-2-10-3-6-18-7-4-10/h8,10H,2-7H2,1H3. The molecule has 1 fully saturated rings. The lowest BCUT2D eigenvalue weighted by Gasteiger charge is -2.21. The number of nitrogens with zero attached hydrogens (tertiary/aromatic N) is 2. The summed E-state index contributed by atoms with van der Waals surface area (Å²) in [7, 11) is 0. The third-order valence-corrected chi connectivity index (χ3v) is 3.36. The molecule has 0 aromatic carbocycles. The second-order valence-electron chi connectivity index (χ2n) is 4.74. The molecule has 1 aliphatic rings. The van der Waals surface area contributed by atoms with E-state index in [1.807, 2.05) is 0 Å². The maximum absolute atomic E-state index is 12.5. The van der Waals surface area contributed by atoms with Crippen molar-refractivity contribution in [1.82, 2.24) is 9.78 Å². The zero-order valence-corrected chi connectivity index (χ0v) is 10.3. The van der Waals surface area contributed by atoms with Crippen molar-refractivity contribution in [2.24, 2.45) is 5.92 Å². The Bertz CT molecular complexity index is 395. The van der Waals surface area contributed by atoms with Crippen LogP contribution >= 0.6 is 0 Å². The van der Waals surface area contributed by atoms with Crippen molar-refractivity contribution >= 4 is 0 Å². The fraction of sp³-hybridized carbons (Fsp3) is 0.750. The summed E-state index contributed by atoms with van der Waals surface area (Å²) in [4.78, 5) is 0. The van der Waals surface area contributed by atoms with Crippen LogP contribution < -0.4 is 0 Å². The molecule has 3 nitrogen and oxygen atoms in total. The van der Waals surface area contributed by atoms with Crippen LogP contribution in [0.5, 0.6) is 0 Å². The van der Waals surface area contributed by atoms with E-state index < -0.39 is 11.9 Å². The SMILES string of the molecule is Cc1cc(C(F)(F)F)nn1CCC1CCOCC1. The first-order valence-electron chi connectivity index (χ1n) is 6.16. The molecule has 0 atom stereocenters. The first-order chi connectivity index (χ1) is 8.47.